The second-order valence-electron chi connectivity index (χ2n) is 4.39. The summed E-state index contributed by atoms with van der Waals surface area (Å²) in [7, 11) is 0. The van der Waals surface area contributed by atoms with Gasteiger partial charge in [0.15, 0.2) is 0 Å². The number of carbonyl (C=O) groups is 1. The van der Waals surface area contributed by atoms with E-state index in [0.717, 1.165) is 6.42 Å². The van der Waals surface area contributed by atoms with Crippen LogP contribution in [0.5, 0.6) is 0 Å². The maximum Gasteiger partial charge on any atom is 0.321 e. The van der Waals surface area contributed by atoms with Crippen molar-refractivity contribution >= 4 is 11.5 Å². The predicted octanol–water partition coefficient (Wildman–Crippen LogP) is 1.44. The lowest BCUT2D eigenvalue weighted by molar-refractivity contribution is -0.139. The molecule has 1 aliphatic heterocycles. The summed E-state index contributed by atoms with van der Waals surface area (Å²) < 4.78 is 0. The molecule has 0 fully saturated rings. The van der Waals surface area contributed by atoms with E-state index in [0.29, 0.717) is 13.0 Å². The van der Waals surface area contributed by atoms with Crippen LogP contribution in [0.2, 0.25) is 0 Å². The molecule has 0 radical (unpaired) electrons. The largest absolute Gasteiger partial charge is 0.480 e. The number of benzene rings is 1. The van der Waals surface area contributed by atoms with Crippen molar-refractivity contribution in [2.24, 2.45) is 0 Å². The molecule has 16 heavy (non-hydrogen) atoms. The quantitative estimate of drug-likeness (QED) is 0.745. The summed E-state index contributed by atoms with van der Waals surface area (Å²) in [4.78, 5) is 11.0. The van der Waals surface area contributed by atoms with Crippen LogP contribution in [-0.2, 0) is 11.2 Å². The highest BCUT2D eigenvalue weighted by molar-refractivity contribution is 5.83. The SMILES string of the molecule is O=C(O)[C@H]1CC2=C(CN1)Cc1ccccc12. The van der Waals surface area contributed by atoms with Gasteiger partial charge in [-0.25, -0.2) is 0 Å². The Morgan fingerprint density at radius 1 is 1.38 bits per heavy atom. The monoisotopic (exact) mass is 215 g/mol. The van der Waals surface area contributed by atoms with Crippen LogP contribution in [0.1, 0.15) is 17.5 Å². The van der Waals surface area contributed by atoms with Crippen LogP contribution in [0, 0.1) is 0 Å². The third kappa shape index (κ3) is 1.36. The Hall–Kier alpha value is -1.61. The first-order valence-corrected chi connectivity index (χ1v) is 5.51. The minimum Gasteiger partial charge on any atom is -0.480 e. The number of nitrogens with one attached hydrogen (secondary N) is 1. The molecular formula is C13H13NO2. The van der Waals surface area contributed by atoms with E-state index in [4.69, 9.17) is 5.11 Å². The lowest BCUT2D eigenvalue weighted by Gasteiger charge is -2.22. The van der Waals surface area contributed by atoms with Gasteiger partial charge in [0.05, 0.1) is 0 Å². The molecule has 3 nitrogen and oxygen atoms in total. The molecule has 2 aliphatic rings. The molecule has 0 saturated heterocycles. The minimum atomic E-state index is -0.754. The lowest BCUT2D eigenvalue weighted by Crippen LogP contribution is -2.40. The number of carboxylic acids is 1. The highest BCUT2D eigenvalue weighted by Gasteiger charge is 2.30. The van der Waals surface area contributed by atoms with Crippen LogP contribution in [-0.4, -0.2) is 23.7 Å². The van der Waals surface area contributed by atoms with E-state index in [1.807, 2.05) is 12.1 Å². The smallest absolute Gasteiger partial charge is 0.321 e. The second-order valence-corrected chi connectivity index (χ2v) is 4.39. The normalized spacial score (nSPS) is 22.9. The van der Waals surface area contributed by atoms with Crippen molar-refractivity contribution in [3.8, 4) is 0 Å². The number of aliphatic carboxylic acids is 1. The molecule has 0 spiro atoms. The molecule has 1 aromatic carbocycles. The molecule has 0 bridgehead atoms. The average Bonchev–Trinajstić information content (AvgIpc) is 2.66. The molecule has 1 atom stereocenters. The van der Waals surface area contributed by atoms with Gasteiger partial charge in [0.25, 0.3) is 0 Å². The fourth-order valence-corrected chi connectivity index (χ4v) is 2.62. The van der Waals surface area contributed by atoms with Gasteiger partial charge in [0, 0.05) is 6.54 Å². The van der Waals surface area contributed by atoms with E-state index in [1.165, 1.54) is 22.3 Å². The third-order valence-electron chi connectivity index (χ3n) is 3.44. The summed E-state index contributed by atoms with van der Waals surface area (Å²) in [5.74, 6) is -0.754. The second kappa shape index (κ2) is 3.46. The van der Waals surface area contributed by atoms with Crippen molar-refractivity contribution in [3.05, 3.63) is 41.0 Å². The Labute approximate surface area is 93.8 Å². The number of hydrogen-bond acceptors (Lipinski definition) is 2. The topological polar surface area (TPSA) is 49.3 Å². The molecule has 1 aromatic rings. The first-order valence-electron chi connectivity index (χ1n) is 5.51. The molecule has 1 aliphatic carbocycles. The van der Waals surface area contributed by atoms with Gasteiger partial charge in [-0.15, -0.1) is 0 Å². The van der Waals surface area contributed by atoms with E-state index >= 15 is 0 Å². The van der Waals surface area contributed by atoms with Gasteiger partial charge in [0.2, 0.25) is 0 Å². The van der Waals surface area contributed by atoms with Crippen LogP contribution < -0.4 is 5.32 Å². The van der Waals surface area contributed by atoms with Crippen molar-refractivity contribution in [2.45, 2.75) is 18.9 Å². The lowest BCUT2D eigenvalue weighted by atomic mass is 9.95. The number of fused-ring (bicyclic) bond motifs is 2. The van der Waals surface area contributed by atoms with E-state index in [9.17, 15) is 4.79 Å². The summed E-state index contributed by atoms with van der Waals surface area (Å²) in [6.45, 7) is 0.709. The van der Waals surface area contributed by atoms with E-state index in [-0.39, 0.29) is 0 Å². The molecule has 0 unspecified atom stereocenters. The summed E-state index contributed by atoms with van der Waals surface area (Å²) in [6, 6.07) is 7.86. The summed E-state index contributed by atoms with van der Waals surface area (Å²) in [5.41, 5.74) is 5.20. The van der Waals surface area contributed by atoms with Crippen LogP contribution in [0.25, 0.3) is 5.57 Å². The standard InChI is InChI=1S/C13H13NO2/c15-13(16)12-6-11-9(7-14-12)5-8-3-1-2-4-10(8)11/h1-4,12,14H,5-7H2,(H,15,16)/t12-/m1/s1. The predicted molar refractivity (Wildman–Crippen MR) is 61.1 cm³/mol. The Balaban J connectivity index is 1.97. The summed E-state index contributed by atoms with van der Waals surface area (Å²) in [5, 5.41) is 12.1. The molecule has 0 aromatic heterocycles. The molecule has 3 rings (SSSR count). The highest BCUT2D eigenvalue weighted by Crippen LogP contribution is 2.37. The van der Waals surface area contributed by atoms with Gasteiger partial charge in [-0.3, -0.25) is 4.79 Å². The van der Waals surface area contributed by atoms with Crippen LogP contribution >= 0.6 is 0 Å². The zero-order valence-corrected chi connectivity index (χ0v) is 8.86. The van der Waals surface area contributed by atoms with Crippen LogP contribution in [0.4, 0.5) is 0 Å². The Morgan fingerprint density at radius 3 is 3.00 bits per heavy atom. The highest BCUT2D eigenvalue weighted by atomic mass is 16.4. The van der Waals surface area contributed by atoms with E-state index in [1.54, 1.807) is 0 Å². The fourth-order valence-electron chi connectivity index (χ4n) is 2.62. The summed E-state index contributed by atoms with van der Waals surface area (Å²) >= 11 is 0. The fraction of sp³-hybridized carbons (Fsp3) is 0.308. The van der Waals surface area contributed by atoms with Crippen molar-refractivity contribution < 1.29 is 9.90 Å². The van der Waals surface area contributed by atoms with E-state index in [2.05, 4.69) is 17.4 Å². The van der Waals surface area contributed by atoms with Gasteiger partial charge in [-0.05, 0) is 35.1 Å². The first kappa shape index (κ1) is 9.60. The third-order valence-corrected chi connectivity index (χ3v) is 3.44. The first-order chi connectivity index (χ1) is 7.75. The van der Waals surface area contributed by atoms with Crippen molar-refractivity contribution in [2.75, 3.05) is 6.54 Å². The number of hydrogen-bond donors (Lipinski definition) is 2. The van der Waals surface area contributed by atoms with Crippen molar-refractivity contribution in [3.63, 3.8) is 0 Å². The van der Waals surface area contributed by atoms with Crippen LogP contribution in [0.15, 0.2) is 29.8 Å². The Bertz CT molecular complexity index is 490. The van der Waals surface area contributed by atoms with Gasteiger partial charge in [-0.2, -0.15) is 0 Å². The van der Waals surface area contributed by atoms with Crippen LogP contribution in [0.3, 0.4) is 0 Å². The number of carboxylic acid groups (broad SMARTS) is 1. The Kier molecular flexibility index (Phi) is 2.07. The number of rotatable bonds is 1. The van der Waals surface area contributed by atoms with Gasteiger partial charge < -0.3 is 10.4 Å². The van der Waals surface area contributed by atoms with Crippen molar-refractivity contribution in [1.82, 2.24) is 5.32 Å². The molecule has 3 heteroatoms. The molecule has 2 N–H and O–H groups in total. The van der Waals surface area contributed by atoms with E-state index < -0.39 is 12.0 Å². The average molecular weight is 215 g/mol. The van der Waals surface area contributed by atoms with Crippen molar-refractivity contribution in [1.29, 1.82) is 0 Å². The van der Waals surface area contributed by atoms with Gasteiger partial charge in [0.1, 0.15) is 6.04 Å². The van der Waals surface area contributed by atoms with Gasteiger partial charge in [-0.1, -0.05) is 24.3 Å². The zero-order chi connectivity index (χ0) is 11.1. The molecule has 82 valence electrons. The molecule has 0 saturated carbocycles. The maximum absolute atomic E-state index is 11.0. The maximum atomic E-state index is 11.0. The zero-order valence-electron chi connectivity index (χ0n) is 8.86. The Morgan fingerprint density at radius 2 is 2.19 bits per heavy atom. The summed E-state index contributed by atoms with van der Waals surface area (Å²) in [6.07, 6.45) is 1.59. The molecule has 0 amide bonds. The minimum absolute atomic E-state index is 0.426. The van der Waals surface area contributed by atoms with Gasteiger partial charge >= 0.3 is 5.97 Å². The molecule has 1 heterocycles. The molecular weight excluding hydrogens is 202 g/mol.